The van der Waals surface area contributed by atoms with Gasteiger partial charge in [0.25, 0.3) is 0 Å². The van der Waals surface area contributed by atoms with E-state index in [1.165, 1.54) is 185 Å². The minimum Gasteiger partial charge on any atom is -0.0616 e. The van der Waals surface area contributed by atoms with Crippen molar-refractivity contribution in [3.63, 3.8) is 0 Å². The van der Waals surface area contributed by atoms with Crippen LogP contribution in [-0.2, 0) is 0 Å². The zero-order chi connectivity index (χ0) is 55.0. The topological polar surface area (TPSA) is 0 Å². The Labute approximate surface area is 485 Å². The predicted molar refractivity (Wildman–Crippen MR) is 364 cm³/mol. The Kier molecular flexibility index (Phi) is 10.2. The van der Waals surface area contributed by atoms with Crippen molar-refractivity contribution in [3.8, 4) is 55.6 Å². The monoisotopic (exact) mass is 1060 g/mol. The average Bonchev–Trinajstić information content (AvgIpc) is 1.30. The van der Waals surface area contributed by atoms with Gasteiger partial charge in [-0.3, -0.25) is 0 Å². The molecule has 18 aromatic carbocycles. The lowest BCUT2D eigenvalue weighted by molar-refractivity contribution is 1.66. The van der Waals surface area contributed by atoms with Gasteiger partial charge in [0.1, 0.15) is 0 Å². The first kappa shape index (κ1) is 46.8. The van der Waals surface area contributed by atoms with Crippen LogP contribution in [0.25, 0.3) is 185 Å². The Balaban J connectivity index is 0.787. The predicted octanol–water partition coefficient (Wildman–Crippen LogP) is 23.9. The summed E-state index contributed by atoms with van der Waals surface area (Å²) in [6.07, 6.45) is 0. The number of hydrogen-bond donors (Lipinski definition) is 0. The van der Waals surface area contributed by atoms with E-state index in [0.717, 1.165) is 0 Å². The molecule has 18 aromatic rings. The summed E-state index contributed by atoms with van der Waals surface area (Å²) in [5.74, 6) is 0. The van der Waals surface area contributed by atoms with Crippen LogP contribution < -0.4 is 0 Å². The fourth-order valence-electron chi connectivity index (χ4n) is 14.6. The van der Waals surface area contributed by atoms with Crippen molar-refractivity contribution in [3.05, 3.63) is 303 Å². The third-order valence-corrected chi connectivity index (χ3v) is 18.5. The van der Waals surface area contributed by atoms with Crippen LogP contribution in [0, 0.1) is 0 Å². The zero-order valence-corrected chi connectivity index (χ0v) is 45.9. The van der Waals surface area contributed by atoms with Crippen LogP contribution in [0.1, 0.15) is 0 Å². The average molecular weight is 1060 g/mol. The highest BCUT2D eigenvalue weighted by atomic mass is 14.2. The zero-order valence-electron chi connectivity index (χ0n) is 45.9. The van der Waals surface area contributed by atoms with Crippen LogP contribution >= 0.6 is 0 Å². The van der Waals surface area contributed by atoms with Gasteiger partial charge < -0.3 is 0 Å². The highest BCUT2D eigenvalue weighted by Gasteiger charge is 2.21. The highest BCUT2D eigenvalue weighted by Crippen LogP contribution is 2.48. The fraction of sp³-hybridized carbons (Fsp3) is 0. The second-order valence-corrected chi connectivity index (χ2v) is 23.0. The van der Waals surface area contributed by atoms with Crippen molar-refractivity contribution >= 4 is 129 Å². The molecule has 84 heavy (non-hydrogen) atoms. The standard InChI is InChI=1S/C84H50/c1-2-18-53-41-58(37-34-51(53)17-1)74-47-79-68-28-12-9-25-65(68)75(48-80(79)67-27-11-8-24-64(67)74)59-38-35-52-33-36-54(42-60(52)43-59)55-39-40-73-76(44-55)62-22-6-4-20-57(62)46-78(73)82-50-84-71-31-15-13-29-69(71)81(49-83(84)72-32-16-14-30-70(72)82)77-45-56-19-3-5-21-61(56)63-23-7-10-26-66(63)77/h1-50H. The Morgan fingerprint density at radius 2 is 0.369 bits per heavy atom. The van der Waals surface area contributed by atoms with Crippen molar-refractivity contribution in [2.24, 2.45) is 0 Å². The smallest absolute Gasteiger partial charge is 0.00923 e. The molecule has 0 radical (unpaired) electrons. The Morgan fingerprint density at radius 1 is 0.107 bits per heavy atom. The third kappa shape index (κ3) is 7.14. The van der Waals surface area contributed by atoms with Gasteiger partial charge in [-0.25, -0.2) is 0 Å². The molecule has 0 saturated heterocycles. The minimum atomic E-state index is 1.20. The van der Waals surface area contributed by atoms with Crippen LogP contribution in [0.3, 0.4) is 0 Å². The molecule has 0 aliphatic heterocycles. The van der Waals surface area contributed by atoms with Crippen LogP contribution in [0.4, 0.5) is 0 Å². The van der Waals surface area contributed by atoms with E-state index in [2.05, 4.69) is 303 Å². The Bertz CT molecular complexity index is 5860. The fourth-order valence-corrected chi connectivity index (χ4v) is 14.6. The summed E-state index contributed by atoms with van der Waals surface area (Å²) >= 11 is 0. The van der Waals surface area contributed by atoms with E-state index in [1.807, 2.05) is 0 Å². The molecule has 386 valence electrons. The van der Waals surface area contributed by atoms with E-state index < -0.39 is 0 Å². The van der Waals surface area contributed by atoms with Gasteiger partial charge in [-0.05, 0) is 246 Å². The molecular weight excluding hydrogens is 1010 g/mol. The van der Waals surface area contributed by atoms with Gasteiger partial charge in [0, 0.05) is 0 Å². The normalized spacial score (nSPS) is 12.0. The summed E-state index contributed by atoms with van der Waals surface area (Å²) in [6.45, 7) is 0. The third-order valence-electron chi connectivity index (χ3n) is 18.5. The number of hydrogen-bond acceptors (Lipinski definition) is 0. The molecule has 0 unspecified atom stereocenters. The van der Waals surface area contributed by atoms with Gasteiger partial charge in [0.05, 0.1) is 0 Å². The number of fused-ring (bicyclic) bond motifs is 18. The molecule has 0 spiro atoms. The molecule has 0 saturated carbocycles. The molecule has 0 atom stereocenters. The lowest BCUT2D eigenvalue weighted by atomic mass is 9.84. The second-order valence-electron chi connectivity index (χ2n) is 23.0. The maximum absolute atomic E-state index is 2.49. The van der Waals surface area contributed by atoms with Gasteiger partial charge in [-0.1, -0.05) is 243 Å². The minimum absolute atomic E-state index is 1.20. The van der Waals surface area contributed by atoms with Gasteiger partial charge in [0.2, 0.25) is 0 Å². The van der Waals surface area contributed by atoms with E-state index >= 15 is 0 Å². The van der Waals surface area contributed by atoms with E-state index in [9.17, 15) is 0 Å². The molecule has 0 heterocycles. The molecule has 18 rings (SSSR count). The number of rotatable bonds is 5. The van der Waals surface area contributed by atoms with Gasteiger partial charge in [-0.2, -0.15) is 0 Å². The quantitative estimate of drug-likeness (QED) is 0.151. The van der Waals surface area contributed by atoms with Crippen molar-refractivity contribution in [1.29, 1.82) is 0 Å². The van der Waals surface area contributed by atoms with E-state index in [4.69, 9.17) is 0 Å². The molecule has 0 bridgehead atoms. The first-order valence-electron chi connectivity index (χ1n) is 29.3. The molecule has 0 aliphatic rings. The second kappa shape index (κ2) is 18.3. The van der Waals surface area contributed by atoms with Crippen LogP contribution in [-0.4, -0.2) is 0 Å². The van der Waals surface area contributed by atoms with Crippen molar-refractivity contribution in [2.45, 2.75) is 0 Å². The van der Waals surface area contributed by atoms with Crippen molar-refractivity contribution in [2.75, 3.05) is 0 Å². The van der Waals surface area contributed by atoms with Crippen LogP contribution in [0.5, 0.6) is 0 Å². The molecule has 0 aromatic heterocycles. The lowest BCUT2D eigenvalue weighted by Crippen LogP contribution is -1.91. The van der Waals surface area contributed by atoms with E-state index in [1.54, 1.807) is 0 Å². The first-order valence-corrected chi connectivity index (χ1v) is 29.3. The summed E-state index contributed by atoms with van der Waals surface area (Å²) < 4.78 is 0. The van der Waals surface area contributed by atoms with E-state index in [-0.39, 0.29) is 0 Å². The summed E-state index contributed by atoms with van der Waals surface area (Å²) in [7, 11) is 0. The molecular formula is C84H50. The molecule has 0 aliphatic carbocycles. The van der Waals surface area contributed by atoms with Crippen molar-refractivity contribution in [1.82, 2.24) is 0 Å². The van der Waals surface area contributed by atoms with Gasteiger partial charge in [-0.15, -0.1) is 0 Å². The SMILES string of the molecule is c1ccc2cc(-c3cc4c5ccccc5c(-c5ccc6ccc(-c7ccc8c(-c9cc%10c%11ccccc%11c(-c%11cc%12ccccc%12c%12ccccc%11%12)cc%10c%10ccccc9%10)cc9ccccc9c8c7)cc6c5)cc4c4ccccc34)ccc2c1. The maximum Gasteiger partial charge on any atom is -0.00923 e. The highest BCUT2D eigenvalue weighted by molar-refractivity contribution is 6.28. The largest absolute Gasteiger partial charge is 0.0616 e. The molecule has 0 fully saturated rings. The summed E-state index contributed by atoms with van der Waals surface area (Å²) in [5, 5.41) is 30.2. The summed E-state index contributed by atoms with van der Waals surface area (Å²) in [4.78, 5) is 0. The molecule has 0 nitrogen and oxygen atoms in total. The summed E-state index contributed by atoms with van der Waals surface area (Å²) in [5.41, 5.74) is 12.4. The van der Waals surface area contributed by atoms with Crippen LogP contribution in [0.2, 0.25) is 0 Å². The van der Waals surface area contributed by atoms with Crippen LogP contribution in [0.15, 0.2) is 303 Å². The number of benzene rings is 18. The molecule has 0 N–H and O–H groups in total. The maximum atomic E-state index is 2.49. The van der Waals surface area contributed by atoms with Gasteiger partial charge in [0.15, 0.2) is 0 Å². The van der Waals surface area contributed by atoms with Gasteiger partial charge >= 0.3 is 0 Å². The van der Waals surface area contributed by atoms with E-state index in [0.29, 0.717) is 0 Å². The Hall–Kier alpha value is -10.9. The molecule has 0 heteroatoms. The molecule has 0 amide bonds. The van der Waals surface area contributed by atoms with Crippen molar-refractivity contribution < 1.29 is 0 Å². The Morgan fingerprint density at radius 3 is 0.845 bits per heavy atom. The summed E-state index contributed by atoms with van der Waals surface area (Å²) in [6, 6.07) is 114. The first-order chi connectivity index (χ1) is 41.6. The lowest BCUT2D eigenvalue weighted by Gasteiger charge is -2.19.